The predicted octanol–water partition coefficient (Wildman–Crippen LogP) is 0.402. The van der Waals surface area contributed by atoms with Crippen molar-refractivity contribution in [1.82, 2.24) is 0 Å². The molecule has 0 aliphatic heterocycles. The Hall–Kier alpha value is -1.67. The number of hydrogen-bond acceptors (Lipinski definition) is 6. The zero-order valence-corrected chi connectivity index (χ0v) is 9.90. The fourth-order valence-corrected chi connectivity index (χ4v) is 2.35. The summed E-state index contributed by atoms with van der Waals surface area (Å²) in [5.41, 5.74) is -0.0792. The van der Waals surface area contributed by atoms with Crippen LogP contribution in [-0.4, -0.2) is 37.9 Å². The first-order valence-corrected chi connectivity index (χ1v) is 6.37. The number of nitrogens with one attached hydrogen (secondary N) is 1. The van der Waals surface area contributed by atoms with Crippen molar-refractivity contribution >= 4 is 21.2 Å². The second-order valence-corrected chi connectivity index (χ2v) is 5.34. The van der Waals surface area contributed by atoms with Crippen LogP contribution in [0.25, 0.3) is 0 Å². The van der Waals surface area contributed by atoms with Gasteiger partial charge in [-0.1, -0.05) is 0 Å². The molecule has 0 unspecified atom stereocenters. The minimum absolute atomic E-state index is 0.0542. The van der Waals surface area contributed by atoms with Gasteiger partial charge in [0.2, 0.25) is 0 Å². The number of aliphatic hydroxyl groups excluding tert-OH is 1. The standard InChI is InChI=1S/C9H12N2O5S/c1-10-8-6-7(17(15,16)5-4-12)2-3-9(8)11(13)14/h2-3,6,10,12H,4-5H2,1H3. The number of anilines is 1. The van der Waals surface area contributed by atoms with Gasteiger partial charge in [0, 0.05) is 13.1 Å². The highest BCUT2D eigenvalue weighted by Gasteiger charge is 2.19. The molecule has 0 fully saturated rings. The second-order valence-electron chi connectivity index (χ2n) is 3.23. The van der Waals surface area contributed by atoms with Crippen molar-refractivity contribution in [3.8, 4) is 0 Å². The van der Waals surface area contributed by atoms with E-state index in [1.165, 1.54) is 13.1 Å². The summed E-state index contributed by atoms with van der Waals surface area (Å²) in [7, 11) is -2.13. The minimum Gasteiger partial charge on any atom is -0.395 e. The third kappa shape index (κ3) is 2.92. The number of rotatable bonds is 5. The molecule has 1 rings (SSSR count). The van der Waals surface area contributed by atoms with E-state index in [1.54, 1.807) is 0 Å². The summed E-state index contributed by atoms with van der Waals surface area (Å²) >= 11 is 0. The maximum Gasteiger partial charge on any atom is 0.292 e. The lowest BCUT2D eigenvalue weighted by atomic mass is 10.3. The lowest BCUT2D eigenvalue weighted by molar-refractivity contribution is -0.384. The van der Waals surface area contributed by atoms with Crippen molar-refractivity contribution in [1.29, 1.82) is 0 Å². The maximum absolute atomic E-state index is 11.6. The molecule has 94 valence electrons. The Morgan fingerprint density at radius 2 is 2.12 bits per heavy atom. The molecule has 0 atom stereocenters. The molecule has 0 amide bonds. The number of nitrogens with zero attached hydrogens (tertiary/aromatic N) is 1. The predicted molar refractivity (Wildman–Crippen MR) is 61.8 cm³/mol. The Balaban J connectivity index is 3.27. The van der Waals surface area contributed by atoms with Gasteiger partial charge in [-0.2, -0.15) is 0 Å². The summed E-state index contributed by atoms with van der Waals surface area (Å²) < 4.78 is 23.2. The number of sulfone groups is 1. The zero-order valence-electron chi connectivity index (χ0n) is 9.08. The average Bonchev–Trinajstić information content (AvgIpc) is 2.27. The third-order valence-electron chi connectivity index (χ3n) is 2.15. The molecular formula is C9H12N2O5S. The van der Waals surface area contributed by atoms with Crippen LogP contribution in [0.4, 0.5) is 11.4 Å². The van der Waals surface area contributed by atoms with E-state index in [9.17, 15) is 18.5 Å². The van der Waals surface area contributed by atoms with E-state index in [1.807, 2.05) is 0 Å². The Morgan fingerprint density at radius 3 is 2.59 bits per heavy atom. The number of hydrogen-bond donors (Lipinski definition) is 2. The van der Waals surface area contributed by atoms with Crippen molar-refractivity contribution in [3.63, 3.8) is 0 Å². The van der Waals surface area contributed by atoms with E-state index in [-0.39, 0.29) is 16.3 Å². The van der Waals surface area contributed by atoms with Gasteiger partial charge in [-0.3, -0.25) is 10.1 Å². The first-order valence-electron chi connectivity index (χ1n) is 4.72. The lowest BCUT2D eigenvalue weighted by Crippen LogP contribution is -2.10. The molecule has 0 saturated carbocycles. The molecule has 0 heterocycles. The first-order chi connectivity index (χ1) is 7.92. The number of nitro benzene ring substituents is 1. The molecule has 1 aromatic rings. The third-order valence-corrected chi connectivity index (χ3v) is 3.85. The van der Waals surface area contributed by atoms with Gasteiger partial charge in [-0.05, 0) is 12.1 Å². The topological polar surface area (TPSA) is 110 Å². The summed E-state index contributed by atoms with van der Waals surface area (Å²) in [4.78, 5) is 9.99. The van der Waals surface area contributed by atoms with Gasteiger partial charge in [0.1, 0.15) is 5.69 Å². The average molecular weight is 260 g/mol. The molecule has 2 N–H and O–H groups in total. The summed E-state index contributed by atoms with van der Waals surface area (Å²) in [5.74, 6) is -0.409. The SMILES string of the molecule is CNc1cc(S(=O)(=O)CCO)ccc1[N+](=O)[O-]. The van der Waals surface area contributed by atoms with Gasteiger partial charge < -0.3 is 10.4 Å². The molecule has 0 radical (unpaired) electrons. The second kappa shape index (κ2) is 5.11. The molecule has 17 heavy (non-hydrogen) atoms. The lowest BCUT2D eigenvalue weighted by Gasteiger charge is -2.06. The number of aliphatic hydroxyl groups is 1. The molecule has 8 heteroatoms. The number of nitro groups is 1. The molecule has 0 aromatic heterocycles. The van der Waals surface area contributed by atoms with Crippen molar-refractivity contribution in [3.05, 3.63) is 28.3 Å². The van der Waals surface area contributed by atoms with E-state index in [4.69, 9.17) is 5.11 Å². The fraction of sp³-hybridized carbons (Fsp3) is 0.333. The molecule has 0 aliphatic carbocycles. The van der Waals surface area contributed by atoms with Crippen LogP contribution in [0.15, 0.2) is 23.1 Å². The van der Waals surface area contributed by atoms with Crippen molar-refractivity contribution in [2.24, 2.45) is 0 Å². The monoisotopic (exact) mass is 260 g/mol. The molecule has 0 aliphatic rings. The normalized spacial score (nSPS) is 11.2. The van der Waals surface area contributed by atoms with Gasteiger partial charge in [0.15, 0.2) is 9.84 Å². The fourth-order valence-electron chi connectivity index (χ4n) is 1.31. The quantitative estimate of drug-likeness (QED) is 0.586. The molecule has 0 saturated heterocycles. The van der Waals surface area contributed by atoms with Crippen LogP contribution in [0, 0.1) is 10.1 Å². The van der Waals surface area contributed by atoms with Crippen molar-refractivity contribution < 1.29 is 18.4 Å². The van der Waals surface area contributed by atoms with Gasteiger partial charge in [-0.15, -0.1) is 0 Å². The Kier molecular flexibility index (Phi) is 4.02. The van der Waals surface area contributed by atoms with E-state index < -0.39 is 27.1 Å². The van der Waals surface area contributed by atoms with Crippen LogP contribution >= 0.6 is 0 Å². The minimum atomic E-state index is -3.60. The van der Waals surface area contributed by atoms with Crippen LogP contribution in [0.2, 0.25) is 0 Å². The van der Waals surface area contributed by atoms with Crippen molar-refractivity contribution in [2.45, 2.75) is 4.90 Å². The van der Waals surface area contributed by atoms with E-state index >= 15 is 0 Å². The number of benzene rings is 1. The van der Waals surface area contributed by atoms with Crippen molar-refractivity contribution in [2.75, 3.05) is 24.7 Å². The van der Waals surface area contributed by atoms with Gasteiger partial charge in [0.05, 0.1) is 22.2 Å². The van der Waals surface area contributed by atoms with Crippen LogP contribution in [-0.2, 0) is 9.84 Å². The summed E-state index contributed by atoms with van der Waals surface area (Å²) in [6.45, 7) is -0.492. The van der Waals surface area contributed by atoms with E-state index in [0.29, 0.717) is 0 Å². The molecule has 0 spiro atoms. The van der Waals surface area contributed by atoms with Crippen LogP contribution in [0.5, 0.6) is 0 Å². The zero-order chi connectivity index (χ0) is 13.1. The largest absolute Gasteiger partial charge is 0.395 e. The van der Waals surface area contributed by atoms with Crippen LogP contribution in [0.3, 0.4) is 0 Å². The highest BCUT2D eigenvalue weighted by atomic mass is 32.2. The van der Waals surface area contributed by atoms with Crippen LogP contribution in [0.1, 0.15) is 0 Å². The molecule has 0 bridgehead atoms. The van der Waals surface area contributed by atoms with Gasteiger partial charge in [0.25, 0.3) is 5.69 Å². The summed E-state index contributed by atoms with van der Waals surface area (Å²) in [6.07, 6.45) is 0. The Bertz CT molecular complexity index is 526. The Morgan fingerprint density at radius 1 is 1.47 bits per heavy atom. The molecule has 1 aromatic carbocycles. The summed E-state index contributed by atoms with van der Waals surface area (Å²) in [6, 6.07) is 3.46. The first kappa shape index (κ1) is 13.4. The van der Waals surface area contributed by atoms with Crippen LogP contribution < -0.4 is 5.32 Å². The summed E-state index contributed by atoms with van der Waals surface area (Å²) in [5, 5.41) is 21.8. The highest BCUT2D eigenvalue weighted by Crippen LogP contribution is 2.27. The smallest absolute Gasteiger partial charge is 0.292 e. The molecule has 7 nitrogen and oxygen atoms in total. The highest BCUT2D eigenvalue weighted by molar-refractivity contribution is 7.91. The molecular weight excluding hydrogens is 248 g/mol. The van der Waals surface area contributed by atoms with Gasteiger partial charge in [-0.25, -0.2) is 8.42 Å². The van der Waals surface area contributed by atoms with E-state index in [0.717, 1.165) is 12.1 Å². The van der Waals surface area contributed by atoms with Gasteiger partial charge >= 0.3 is 0 Å². The van der Waals surface area contributed by atoms with E-state index in [2.05, 4.69) is 5.32 Å². The maximum atomic E-state index is 11.6. The Labute approximate surface area is 98.1 Å².